The first-order chi connectivity index (χ1) is 13.0. The zero-order chi connectivity index (χ0) is 19.4. The van der Waals surface area contributed by atoms with Crippen LogP contribution in [-0.2, 0) is 29.5 Å². The molecule has 0 saturated heterocycles. The molecule has 0 aliphatic carbocycles. The van der Waals surface area contributed by atoms with Gasteiger partial charge in [-0.25, -0.2) is 4.79 Å². The Morgan fingerprint density at radius 3 is 2.41 bits per heavy atom. The summed E-state index contributed by atoms with van der Waals surface area (Å²) in [6, 6.07) is 15.8. The lowest BCUT2D eigenvalue weighted by Gasteiger charge is -2.17. The minimum Gasteiger partial charge on any atom is -0.452 e. The Labute approximate surface area is 159 Å². The highest BCUT2D eigenvalue weighted by Crippen LogP contribution is 2.21. The molecule has 0 N–H and O–H groups in total. The van der Waals surface area contributed by atoms with E-state index in [-0.39, 0.29) is 12.5 Å². The molecule has 0 bridgehead atoms. The first kappa shape index (κ1) is 18.7. The predicted molar refractivity (Wildman–Crippen MR) is 105 cm³/mol. The number of hydrogen-bond acceptors (Lipinski definition) is 3. The van der Waals surface area contributed by atoms with Crippen LogP contribution in [0, 0.1) is 0 Å². The van der Waals surface area contributed by atoms with Crippen molar-refractivity contribution in [2.75, 3.05) is 13.7 Å². The van der Waals surface area contributed by atoms with Gasteiger partial charge >= 0.3 is 5.97 Å². The molecule has 2 aromatic carbocycles. The molecule has 27 heavy (non-hydrogen) atoms. The van der Waals surface area contributed by atoms with Gasteiger partial charge in [0.15, 0.2) is 6.61 Å². The zero-order valence-corrected chi connectivity index (χ0v) is 15.9. The predicted octanol–water partition coefficient (Wildman–Crippen LogP) is 3.56. The van der Waals surface area contributed by atoms with Gasteiger partial charge in [-0.2, -0.15) is 0 Å². The van der Waals surface area contributed by atoms with E-state index in [0.29, 0.717) is 12.1 Å². The summed E-state index contributed by atoms with van der Waals surface area (Å²) in [7, 11) is 3.59. The van der Waals surface area contributed by atoms with E-state index in [1.807, 2.05) is 48.0 Å². The van der Waals surface area contributed by atoms with Crippen LogP contribution in [0.4, 0.5) is 0 Å². The van der Waals surface area contributed by atoms with Crippen molar-refractivity contribution in [3.63, 3.8) is 0 Å². The number of rotatable bonds is 6. The highest BCUT2D eigenvalue weighted by Gasteiger charge is 2.17. The second kappa shape index (κ2) is 8.08. The van der Waals surface area contributed by atoms with Gasteiger partial charge in [-0.05, 0) is 23.6 Å². The van der Waals surface area contributed by atoms with Crippen LogP contribution in [-0.4, -0.2) is 35.0 Å². The van der Waals surface area contributed by atoms with Crippen molar-refractivity contribution in [3.8, 4) is 0 Å². The number of aryl methyl sites for hydroxylation is 2. The van der Waals surface area contributed by atoms with Crippen molar-refractivity contribution in [2.24, 2.45) is 7.05 Å². The van der Waals surface area contributed by atoms with E-state index in [1.165, 1.54) is 5.56 Å². The van der Waals surface area contributed by atoms with Gasteiger partial charge in [0, 0.05) is 37.7 Å². The van der Waals surface area contributed by atoms with E-state index in [1.54, 1.807) is 18.1 Å². The largest absolute Gasteiger partial charge is 0.452 e. The number of nitrogens with zero attached hydrogens (tertiary/aromatic N) is 2. The minimum atomic E-state index is -0.485. The normalized spacial score (nSPS) is 10.8. The SMILES string of the molecule is CCc1ccc(CN(C)C(=O)COC(=O)c2cn(C)c3ccccc23)cc1. The Morgan fingerprint density at radius 1 is 1.04 bits per heavy atom. The fraction of sp³-hybridized carbons (Fsp3) is 0.273. The summed E-state index contributed by atoms with van der Waals surface area (Å²) in [5.74, 6) is -0.719. The summed E-state index contributed by atoms with van der Waals surface area (Å²) in [4.78, 5) is 26.3. The zero-order valence-electron chi connectivity index (χ0n) is 15.9. The van der Waals surface area contributed by atoms with Crippen LogP contribution in [0.25, 0.3) is 10.9 Å². The number of esters is 1. The monoisotopic (exact) mass is 364 g/mol. The Balaban J connectivity index is 1.59. The van der Waals surface area contributed by atoms with Crippen LogP contribution in [0.15, 0.2) is 54.7 Å². The molecule has 0 aliphatic heterocycles. The van der Waals surface area contributed by atoms with Crippen LogP contribution in [0.2, 0.25) is 0 Å². The van der Waals surface area contributed by atoms with Gasteiger partial charge in [-0.1, -0.05) is 49.4 Å². The molecule has 140 valence electrons. The van der Waals surface area contributed by atoms with E-state index in [2.05, 4.69) is 19.1 Å². The first-order valence-corrected chi connectivity index (χ1v) is 9.02. The maximum atomic E-state index is 12.4. The van der Waals surface area contributed by atoms with Crippen LogP contribution in [0.5, 0.6) is 0 Å². The van der Waals surface area contributed by atoms with E-state index in [4.69, 9.17) is 4.74 Å². The van der Waals surface area contributed by atoms with Crippen molar-refractivity contribution in [1.82, 2.24) is 9.47 Å². The van der Waals surface area contributed by atoms with Crippen LogP contribution in [0.3, 0.4) is 0 Å². The molecular weight excluding hydrogens is 340 g/mol. The number of para-hydroxylation sites is 1. The third kappa shape index (κ3) is 4.19. The second-order valence-electron chi connectivity index (χ2n) is 6.67. The van der Waals surface area contributed by atoms with Gasteiger partial charge in [0.05, 0.1) is 5.56 Å². The van der Waals surface area contributed by atoms with E-state index < -0.39 is 5.97 Å². The number of carbonyl (C=O) groups excluding carboxylic acids is 2. The Hall–Kier alpha value is -3.08. The molecule has 1 heterocycles. The van der Waals surface area contributed by atoms with Gasteiger partial charge in [-0.3, -0.25) is 4.79 Å². The number of benzene rings is 2. The van der Waals surface area contributed by atoms with Crippen molar-refractivity contribution >= 4 is 22.8 Å². The highest BCUT2D eigenvalue weighted by molar-refractivity contribution is 6.04. The van der Waals surface area contributed by atoms with Crippen LogP contribution in [0.1, 0.15) is 28.4 Å². The third-order valence-corrected chi connectivity index (χ3v) is 4.72. The maximum Gasteiger partial charge on any atom is 0.340 e. The lowest BCUT2D eigenvalue weighted by atomic mass is 10.1. The highest BCUT2D eigenvalue weighted by atomic mass is 16.5. The van der Waals surface area contributed by atoms with Gasteiger partial charge < -0.3 is 14.2 Å². The molecule has 0 saturated carbocycles. The summed E-state index contributed by atoms with van der Waals surface area (Å²) in [6.07, 6.45) is 2.72. The Bertz CT molecular complexity index is 957. The quantitative estimate of drug-likeness (QED) is 0.629. The van der Waals surface area contributed by atoms with Crippen molar-refractivity contribution in [1.29, 1.82) is 0 Å². The molecule has 0 unspecified atom stereocenters. The number of fused-ring (bicyclic) bond motifs is 1. The average Bonchev–Trinajstić information content (AvgIpc) is 3.03. The summed E-state index contributed by atoms with van der Waals surface area (Å²) >= 11 is 0. The first-order valence-electron chi connectivity index (χ1n) is 9.02. The summed E-state index contributed by atoms with van der Waals surface area (Å²) in [5, 5.41) is 0.821. The molecule has 1 aromatic heterocycles. The molecule has 0 radical (unpaired) electrons. The van der Waals surface area contributed by atoms with Gasteiger partial charge in [-0.15, -0.1) is 0 Å². The maximum absolute atomic E-state index is 12.4. The lowest BCUT2D eigenvalue weighted by Crippen LogP contribution is -2.30. The number of carbonyl (C=O) groups is 2. The molecule has 0 fully saturated rings. The number of aromatic nitrogens is 1. The van der Waals surface area contributed by atoms with Gasteiger partial charge in [0.1, 0.15) is 0 Å². The lowest BCUT2D eigenvalue weighted by molar-refractivity contribution is -0.133. The fourth-order valence-electron chi connectivity index (χ4n) is 3.06. The minimum absolute atomic E-state index is 0.233. The van der Waals surface area contributed by atoms with Crippen LogP contribution < -0.4 is 0 Å². The van der Waals surface area contributed by atoms with Crippen LogP contribution >= 0.6 is 0 Å². The van der Waals surface area contributed by atoms with E-state index in [0.717, 1.165) is 22.9 Å². The molecule has 0 aliphatic rings. The van der Waals surface area contributed by atoms with Gasteiger partial charge in [0.25, 0.3) is 5.91 Å². The smallest absolute Gasteiger partial charge is 0.340 e. The molecule has 1 amide bonds. The molecular formula is C22H24N2O3. The topological polar surface area (TPSA) is 51.5 Å². The van der Waals surface area contributed by atoms with Crippen molar-refractivity contribution < 1.29 is 14.3 Å². The number of likely N-dealkylation sites (N-methyl/N-ethyl adjacent to an activating group) is 1. The molecule has 5 heteroatoms. The fourth-order valence-corrected chi connectivity index (χ4v) is 3.06. The molecule has 0 spiro atoms. The molecule has 3 aromatic rings. The summed E-state index contributed by atoms with van der Waals surface area (Å²) in [5.41, 5.74) is 3.72. The Kier molecular flexibility index (Phi) is 5.60. The number of ether oxygens (including phenoxy) is 1. The number of hydrogen-bond donors (Lipinski definition) is 0. The van der Waals surface area contributed by atoms with Crippen molar-refractivity contribution in [3.05, 3.63) is 71.4 Å². The van der Waals surface area contributed by atoms with E-state index >= 15 is 0 Å². The van der Waals surface area contributed by atoms with Crippen molar-refractivity contribution in [2.45, 2.75) is 19.9 Å². The average molecular weight is 364 g/mol. The Morgan fingerprint density at radius 2 is 1.70 bits per heavy atom. The molecule has 0 atom stereocenters. The van der Waals surface area contributed by atoms with Gasteiger partial charge in [0.2, 0.25) is 0 Å². The molecule has 5 nitrogen and oxygen atoms in total. The second-order valence-corrected chi connectivity index (χ2v) is 6.67. The molecule has 3 rings (SSSR count). The summed E-state index contributed by atoms with van der Waals surface area (Å²) in [6.45, 7) is 2.31. The third-order valence-electron chi connectivity index (χ3n) is 4.72. The number of amides is 1. The van der Waals surface area contributed by atoms with E-state index in [9.17, 15) is 9.59 Å². The standard InChI is InChI=1S/C22H24N2O3/c1-4-16-9-11-17(12-10-16)13-24(3)21(25)15-27-22(26)19-14-23(2)20-8-6-5-7-18(19)20/h5-12,14H,4,13,15H2,1-3H3. The summed E-state index contributed by atoms with van der Waals surface area (Å²) < 4.78 is 7.14.